The first-order valence-electron chi connectivity index (χ1n) is 10.5. The van der Waals surface area contributed by atoms with Crippen LogP contribution in [0.1, 0.15) is 32.3 Å². The van der Waals surface area contributed by atoms with E-state index in [9.17, 15) is 18.1 Å². The largest absolute Gasteiger partial charge is 0.444 e. The number of cyclic esters (lactones) is 1. The molecule has 32 heavy (non-hydrogen) atoms. The van der Waals surface area contributed by atoms with Gasteiger partial charge >= 0.3 is 6.09 Å². The average molecular weight is 481 g/mol. The number of anilines is 1. The highest BCUT2D eigenvalue weighted by atomic mass is 35.5. The number of hydrogen-bond acceptors (Lipinski definition) is 5. The summed E-state index contributed by atoms with van der Waals surface area (Å²) in [6, 6.07) is 11.1. The van der Waals surface area contributed by atoms with E-state index < -0.39 is 16.1 Å². The lowest BCUT2D eigenvalue weighted by molar-refractivity contribution is -0.428. The number of carbonyl (C=O) groups excluding carboxylic acids is 1. The Hall–Kier alpha value is -2.49. The molecule has 0 saturated carbocycles. The van der Waals surface area contributed by atoms with Gasteiger partial charge in [-0.15, -0.1) is 0 Å². The number of sulfonamides is 1. The number of ether oxygens (including phenoxy) is 1. The molecular formula is C22H27ClN3O5S+. The van der Waals surface area contributed by atoms with Crippen LogP contribution in [0.5, 0.6) is 0 Å². The van der Waals surface area contributed by atoms with Gasteiger partial charge in [-0.2, -0.15) is 4.31 Å². The molecule has 2 aromatic carbocycles. The Bertz CT molecular complexity index is 1110. The van der Waals surface area contributed by atoms with Crippen LogP contribution in [0.2, 0.25) is 5.02 Å². The fourth-order valence-corrected chi connectivity index (χ4v) is 5.59. The topological polar surface area (TPSA) is 87.0 Å². The summed E-state index contributed by atoms with van der Waals surface area (Å²) in [4.78, 5) is 25.7. The summed E-state index contributed by atoms with van der Waals surface area (Å²) in [6.07, 6.45) is 0.507. The van der Waals surface area contributed by atoms with Crippen molar-refractivity contribution >= 4 is 39.1 Å². The van der Waals surface area contributed by atoms with E-state index in [1.165, 1.54) is 23.5 Å². The van der Waals surface area contributed by atoms with Crippen molar-refractivity contribution < 1.29 is 22.7 Å². The summed E-state index contributed by atoms with van der Waals surface area (Å²) < 4.78 is 33.4. The van der Waals surface area contributed by atoms with Crippen LogP contribution >= 0.6 is 11.6 Å². The van der Waals surface area contributed by atoms with Crippen LogP contribution in [0.4, 0.5) is 16.2 Å². The molecule has 8 nitrogen and oxygen atoms in total. The molecule has 0 aliphatic carbocycles. The molecule has 0 aromatic heterocycles. The maximum absolute atomic E-state index is 13.0. The van der Waals surface area contributed by atoms with Crippen molar-refractivity contribution in [2.75, 3.05) is 25.0 Å². The van der Waals surface area contributed by atoms with E-state index in [4.69, 9.17) is 16.3 Å². The number of hydrogen-bond donors (Lipinski definition) is 0. The lowest BCUT2D eigenvalue weighted by Gasteiger charge is -2.39. The monoisotopic (exact) mass is 480 g/mol. The van der Waals surface area contributed by atoms with Gasteiger partial charge in [0.1, 0.15) is 6.61 Å². The molecular weight excluding hydrogens is 454 g/mol. The number of nitroso groups, excluding NO2 is 1. The summed E-state index contributed by atoms with van der Waals surface area (Å²) in [5.74, 6) is 0. The molecule has 0 spiro atoms. The average Bonchev–Trinajstić information content (AvgIpc) is 2.80. The van der Waals surface area contributed by atoms with Crippen LogP contribution in [0.25, 0.3) is 0 Å². The molecule has 0 atom stereocenters. The van der Waals surface area contributed by atoms with Gasteiger partial charge in [0.25, 0.3) is 5.69 Å². The zero-order valence-corrected chi connectivity index (χ0v) is 19.9. The van der Waals surface area contributed by atoms with Gasteiger partial charge in [0.05, 0.1) is 10.6 Å². The zero-order valence-electron chi connectivity index (χ0n) is 18.3. The first-order chi connectivity index (χ1) is 15.3. The molecule has 0 bridgehead atoms. The minimum atomic E-state index is -3.74. The fraction of sp³-hybridized carbons (Fsp3) is 0.409. The molecule has 1 saturated heterocycles. The number of carbonyl (C=O) groups is 1. The van der Waals surface area contributed by atoms with Crippen LogP contribution in [0, 0.1) is 4.91 Å². The summed E-state index contributed by atoms with van der Waals surface area (Å²) in [6.45, 7) is 4.69. The molecule has 0 N–H and O–H groups in total. The number of fused-ring (bicyclic) bond motifs is 1. The molecule has 0 radical (unpaired) electrons. The number of nitrogens with zero attached hydrogens (tertiary/aromatic N) is 3. The Kier molecular flexibility index (Phi) is 7.53. The Morgan fingerprint density at radius 1 is 1.09 bits per heavy atom. The summed E-state index contributed by atoms with van der Waals surface area (Å²) >= 11 is 6.05. The quantitative estimate of drug-likeness (QED) is 0.591. The Morgan fingerprint density at radius 3 is 2.44 bits per heavy atom. The third kappa shape index (κ3) is 4.79. The lowest BCUT2D eigenvalue weighted by Crippen LogP contribution is -2.50. The number of piperidine rings is 1. The number of halogens is 1. The van der Waals surface area contributed by atoms with Crippen LogP contribution in [-0.4, -0.2) is 49.8 Å². The minimum Gasteiger partial charge on any atom is -0.444 e. The van der Waals surface area contributed by atoms with E-state index >= 15 is 0 Å². The van der Waals surface area contributed by atoms with Crippen LogP contribution < -0.4 is 4.90 Å². The van der Waals surface area contributed by atoms with Gasteiger partial charge in [-0.1, -0.05) is 31.5 Å². The first kappa shape index (κ1) is 24.2. The van der Waals surface area contributed by atoms with E-state index in [0.29, 0.717) is 22.6 Å². The van der Waals surface area contributed by atoms with Crippen molar-refractivity contribution in [3.63, 3.8) is 0 Å². The molecule has 10 heteroatoms. The van der Waals surface area contributed by atoms with E-state index in [1.807, 2.05) is 13.8 Å². The van der Waals surface area contributed by atoms with E-state index in [-0.39, 0.29) is 36.3 Å². The Morgan fingerprint density at radius 2 is 1.78 bits per heavy atom. The normalized spacial score (nSPS) is 17.1. The highest BCUT2D eigenvalue weighted by Crippen LogP contribution is 2.34. The third-order valence-electron chi connectivity index (χ3n) is 5.46. The lowest BCUT2D eigenvalue weighted by atomic mass is 10.0. The second-order valence-corrected chi connectivity index (χ2v) is 9.70. The fourth-order valence-electron chi connectivity index (χ4n) is 3.89. The van der Waals surface area contributed by atoms with Crippen molar-refractivity contribution in [2.45, 2.75) is 44.2 Å². The highest BCUT2D eigenvalue weighted by molar-refractivity contribution is 7.89. The number of rotatable bonds is 4. The zero-order chi connectivity index (χ0) is 23.5. The van der Waals surface area contributed by atoms with Crippen molar-refractivity contribution in [1.82, 2.24) is 4.31 Å². The molecule has 2 aromatic rings. The van der Waals surface area contributed by atoms with E-state index in [2.05, 4.69) is 0 Å². The standard InChI is InChI=1S/C20H21ClN3O5S.C2H6/c1-22(26)17-3-2-4-18(12-17)30(27,28)23-9-7-16(8-10-23)24-19-6-5-15(21)11-14(19)13-29-20(24)25;1-2/h2-6,11-12,16H,7-10,13H2,1H3;1-2H3/q+1;. The maximum atomic E-state index is 13.0. The Balaban J connectivity index is 0.00000141. The molecule has 2 aliphatic rings. The van der Waals surface area contributed by atoms with Gasteiger partial charge in [0, 0.05) is 51.5 Å². The SMILES string of the molecule is CC.C[N+](=O)c1cccc(S(=O)(=O)N2CCC(N3C(=O)OCc4cc(Cl)ccc43)CC2)c1. The predicted octanol–water partition coefficient (Wildman–Crippen LogP) is 4.72. The summed E-state index contributed by atoms with van der Waals surface area (Å²) in [5.41, 5.74) is 1.86. The van der Waals surface area contributed by atoms with E-state index in [1.54, 1.807) is 35.2 Å². The third-order valence-corrected chi connectivity index (χ3v) is 7.59. The van der Waals surface area contributed by atoms with Gasteiger partial charge in [-0.05, 0) is 37.1 Å². The minimum absolute atomic E-state index is 0.0820. The van der Waals surface area contributed by atoms with Gasteiger partial charge in [0.2, 0.25) is 10.0 Å². The van der Waals surface area contributed by atoms with Crippen molar-refractivity contribution in [3.8, 4) is 0 Å². The van der Waals surface area contributed by atoms with Gasteiger partial charge in [-0.25, -0.2) is 13.2 Å². The number of benzene rings is 2. The van der Waals surface area contributed by atoms with Crippen molar-refractivity contribution in [3.05, 3.63) is 58.0 Å². The van der Waals surface area contributed by atoms with Crippen LogP contribution in [-0.2, 0) is 21.4 Å². The van der Waals surface area contributed by atoms with Crippen LogP contribution in [0.3, 0.4) is 0 Å². The predicted molar refractivity (Wildman–Crippen MR) is 123 cm³/mol. The van der Waals surface area contributed by atoms with Crippen molar-refractivity contribution in [1.29, 1.82) is 0 Å². The van der Waals surface area contributed by atoms with Crippen LogP contribution in [0.15, 0.2) is 47.4 Å². The molecule has 172 valence electrons. The summed E-state index contributed by atoms with van der Waals surface area (Å²) in [7, 11) is -2.42. The summed E-state index contributed by atoms with van der Waals surface area (Å²) in [5, 5.41) is 0.568. The molecule has 1 fully saturated rings. The Labute approximate surface area is 193 Å². The molecule has 4 rings (SSSR count). The maximum Gasteiger partial charge on any atom is 0.414 e. The second-order valence-electron chi connectivity index (χ2n) is 7.33. The second kappa shape index (κ2) is 9.97. The van der Waals surface area contributed by atoms with Gasteiger partial charge < -0.3 is 4.74 Å². The smallest absolute Gasteiger partial charge is 0.414 e. The number of amides is 1. The highest BCUT2D eigenvalue weighted by Gasteiger charge is 2.37. The molecule has 2 heterocycles. The van der Waals surface area contributed by atoms with Gasteiger partial charge in [0.15, 0.2) is 7.05 Å². The first-order valence-corrected chi connectivity index (χ1v) is 12.3. The van der Waals surface area contributed by atoms with E-state index in [0.717, 1.165) is 11.3 Å². The van der Waals surface area contributed by atoms with Crippen molar-refractivity contribution in [2.24, 2.45) is 0 Å². The molecule has 0 unspecified atom stereocenters. The molecule has 2 aliphatic heterocycles. The molecule has 1 amide bonds. The van der Waals surface area contributed by atoms with Gasteiger partial charge in [-0.3, -0.25) is 4.90 Å².